The zero-order valence-corrected chi connectivity index (χ0v) is 12.4. The Hall–Kier alpha value is -0.760. The van der Waals surface area contributed by atoms with E-state index in [1.165, 1.54) is 37.7 Å². The van der Waals surface area contributed by atoms with Crippen LogP contribution in [-0.4, -0.2) is 11.1 Å². The lowest BCUT2D eigenvalue weighted by Gasteiger charge is -2.05. The SMILES string of the molecule is CCn1ccc(CNCCCCCCC(C)C)c1. The molecule has 2 heteroatoms. The average molecular weight is 250 g/mol. The van der Waals surface area contributed by atoms with Gasteiger partial charge in [-0.25, -0.2) is 0 Å². The molecule has 1 N–H and O–H groups in total. The van der Waals surface area contributed by atoms with Gasteiger partial charge in [0, 0.05) is 25.5 Å². The molecule has 0 aliphatic carbocycles. The van der Waals surface area contributed by atoms with Crippen LogP contribution < -0.4 is 5.32 Å². The van der Waals surface area contributed by atoms with E-state index < -0.39 is 0 Å². The van der Waals surface area contributed by atoms with Crippen molar-refractivity contribution in [3.63, 3.8) is 0 Å². The quantitative estimate of drug-likeness (QED) is 0.616. The highest BCUT2D eigenvalue weighted by atomic mass is 14.9. The van der Waals surface area contributed by atoms with Crippen molar-refractivity contribution in [2.75, 3.05) is 6.54 Å². The van der Waals surface area contributed by atoms with Gasteiger partial charge in [0.1, 0.15) is 0 Å². The summed E-state index contributed by atoms with van der Waals surface area (Å²) >= 11 is 0. The summed E-state index contributed by atoms with van der Waals surface area (Å²) in [5.74, 6) is 0.866. The molecule has 104 valence electrons. The van der Waals surface area contributed by atoms with Crippen LogP contribution in [0.4, 0.5) is 0 Å². The Kier molecular flexibility index (Phi) is 7.83. The Balaban J connectivity index is 1.92. The summed E-state index contributed by atoms with van der Waals surface area (Å²) in [6.45, 7) is 10.0. The fourth-order valence-corrected chi connectivity index (χ4v) is 2.18. The first kappa shape index (κ1) is 15.3. The van der Waals surface area contributed by atoms with E-state index >= 15 is 0 Å². The Bertz CT molecular complexity index is 302. The van der Waals surface area contributed by atoms with Gasteiger partial charge >= 0.3 is 0 Å². The van der Waals surface area contributed by atoms with Crippen molar-refractivity contribution < 1.29 is 0 Å². The van der Waals surface area contributed by atoms with Crippen LogP contribution in [0.15, 0.2) is 18.5 Å². The van der Waals surface area contributed by atoms with E-state index in [1.54, 1.807) is 0 Å². The minimum atomic E-state index is 0.866. The van der Waals surface area contributed by atoms with Gasteiger partial charge in [0.05, 0.1) is 0 Å². The minimum absolute atomic E-state index is 0.866. The molecule has 0 saturated carbocycles. The van der Waals surface area contributed by atoms with Gasteiger partial charge in [-0.1, -0.05) is 39.5 Å². The fourth-order valence-electron chi connectivity index (χ4n) is 2.18. The third-order valence-electron chi connectivity index (χ3n) is 3.39. The van der Waals surface area contributed by atoms with E-state index in [1.807, 2.05) is 0 Å². The molecular weight excluding hydrogens is 220 g/mol. The van der Waals surface area contributed by atoms with Gasteiger partial charge in [-0.3, -0.25) is 0 Å². The summed E-state index contributed by atoms with van der Waals surface area (Å²) in [6.07, 6.45) is 11.3. The first-order valence-corrected chi connectivity index (χ1v) is 7.57. The lowest BCUT2D eigenvalue weighted by molar-refractivity contribution is 0.512. The largest absolute Gasteiger partial charge is 0.354 e. The molecule has 0 atom stereocenters. The number of nitrogens with zero attached hydrogens (tertiary/aromatic N) is 1. The number of unbranched alkanes of at least 4 members (excludes halogenated alkanes) is 3. The second kappa shape index (κ2) is 9.21. The molecule has 2 nitrogen and oxygen atoms in total. The molecular formula is C16H30N2. The zero-order chi connectivity index (χ0) is 13.2. The zero-order valence-electron chi connectivity index (χ0n) is 12.4. The van der Waals surface area contributed by atoms with Crippen molar-refractivity contribution in [2.24, 2.45) is 5.92 Å². The number of nitrogens with one attached hydrogen (secondary N) is 1. The van der Waals surface area contributed by atoms with Crippen LogP contribution in [0.25, 0.3) is 0 Å². The van der Waals surface area contributed by atoms with E-state index in [0.29, 0.717) is 0 Å². The topological polar surface area (TPSA) is 17.0 Å². The predicted octanol–water partition coefficient (Wildman–Crippen LogP) is 4.20. The summed E-state index contributed by atoms with van der Waals surface area (Å²) in [5, 5.41) is 3.53. The van der Waals surface area contributed by atoms with Crippen LogP contribution in [0.3, 0.4) is 0 Å². The van der Waals surface area contributed by atoms with E-state index in [9.17, 15) is 0 Å². The Morgan fingerprint density at radius 3 is 2.61 bits per heavy atom. The standard InChI is InChI=1S/C16H30N2/c1-4-18-12-10-16(14-18)13-17-11-8-6-5-7-9-15(2)3/h10,12,14-15,17H,4-9,11,13H2,1-3H3. The van der Waals surface area contributed by atoms with E-state index in [0.717, 1.165) is 25.6 Å². The molecule has 0 aromatic carbocycles. The summed E-state index contributed by atoms with van der Waals surface area (Å²) < 4.78 is 2.23. The van der Waals surface area contributed by atoms with Gasteiger partial charge < -0.3 is 9.88 Å². The van der Waals surface area contributed by atoms with Gasteiger partial charge in [0.25, 0.3) is 0 Å². The molecule has 0 bridgehead atoms. The second-order valence-electron chi connectivity index (χ2n) is 5.62. The number of rotatable bonds is 10. The lowest BCUT2D eigenvalue weighted by Crippen LogP contribution is -2.14. The predicted molar refractivity (Wildman–Crippen MR) is 79.7 cm³/mol. The average Bonchev–Trinajstić information content (AvgIpc) is 2.80. The molecule has 0 aliphatic rings. The van der Waals surface area contributed by atoms with E-state index in [2.05, 4.69) is 49.1 Å². The first-order valence-electron chi connectivity index (χ1n) is 7.57. The Labute approximate surface area is 113 Å². The molecule has 0 fully saturated rings. The van der Waals surface area contributed by atoms with Crippen LogP contribution in [0.5, 0.6) is 0 Å². The van der Waals surface area contributed by atoms with Crippen LogP contribution >= 0.6 is 0 Å². The van der Waals surface area contributed by atoms with Crippen LogP contribution in [0, 0.1) is 5.92 Å². The molecule has 0 amide bonds. The summed E-state index contributed by atoms with van der Waals surface area (Å²) in [4.78, 5) is 0. The Morgan fingerprint density at radius 1 is 1.17 bits per heavy atom. The van der Waals surface area contributed by atoms with Crippen LogP contribution in [0.1, 0.15) is 58.4 Å². The highest BCUT2D eigenvalue weighted by molar-refractivity contribution is 5.09. The summed E-state index contributed by atoms with van der Waals surface area (Å²) in [7, 11) is 0. The number of aromatic nitrogens is 1. The van der Waals surface area contributed by atoms with Gasteiger partial charge in [-0.15, -0.1) is 0 Å². The van der Waals surface area contributed by atoms with Crippen molar-refractivity contribution >= 4 is 0 Å². The van der Waals surface area contributed by atoms with Gasteiger partial charge in [0.2, 0.25) is 0 Å². The molecule has 18 heavy (non-hydrogen) atoms. The maximum Gasteiger partial charge on any atom is 0.0220 e. The first-order chi connectivity index (χ1) is 8.72. The lowest BCUT2D eigenvalue weighted by atomic mass is 10.0. The van der Waals surface area contributed by atoms with Crippen LogP contribution in [-0.2, 0) is 13.1 Å². The second-order valence-corrected chi connectivity index (χ2v) is 5.62. The maximum absolute atomic E-state index is 3.53. The monoisotopic (exact) mass is 250 g/mol. The minimum Gasteiger partial charge on any atom is -0.354 e. The third-order valence-corrected chi connectivity index (χ3v) is 3.39. The molecule has 0 unspecified atom stereocenters. The van der Waals surface area contributed by atoms with Gasteiger partial charge in [-0.05, 0) is 37.4 Å². The van der Waals surface area contributed by atoms with Gasteiger partial charge in [0.15, 0.2) is 0 Å². The maximum atomic E-state index is 3.53. The molecule has 0 aliphatic heterocycles. The van der Waals surface area contributed by atoms with Crippen molar-refractivity contribution in [1.82, 2.24) is 9.88 Å². The van der Waals surface area contributed by atoms with Gasteiger partial charge in [-0.2, -0.15) is 0 Å². The molecule has 1 aromatic heterocycles. The molecule has 0 saturated heterocycles. The van der Waals surface area contributed by atoms with Crippen molar-refractivity contribution in [3.8, 4) is 0 Å². The van der Waals surface area contributed by atoms with E-state index in [4.69, 9.17) is 0 Å². The number of aryl methyl sites for hydroxylation is 1. The van der Waals surface area contributed by atoms with Crippen molar-refractivity contribution in [1.29, 1.82) is 0 Å². The molecule has 0 spiro atoms. The number of hydrogen-bond acceptors (Lipinski definition) is 1. The fraction of sp³-hybridized carbons (Fsp3) is 0.750. The molecule has 1 rings (SSSR count). The molecule has 1 aromatic rings. The molecule has 0 radical (unpaired) electrons. The summed E-state index contributed by atoms with van der Waals surface area (Å²) in [5.41, 5.74) is 1.40. The van der Waals surface area contributed by atoms with Crippen LogP contribution in [0.2, 0.25) is 0 Å². The van der Waals surface area contributed by atoms with E-state index in [-0.39, 0.29) is 0 Å². The normalized spacial score (nSPS) is 11.3. The van der Waals surface area contributed by atoms with Crippen molar-refractivity contribution in [3.05, 3.63) is 24.0 Å². The molecule has 1 heterocycles. The smallest absolute Gasteiger partial charge is 0.0220 e. The summed E-state index contributed by atoms with van der Waals surface area (Å²) in [6, 6.07) is 2.21. The number of hydrogen-bond donors (Lipinski definition) is 1. The third kappa shape index (κ3) is 6.85. The highest BCUT2D eigenvalue weighted by Gasteiger charge is 1.96. The highest BCUT2D eigenvalue weighted by Crippen LogP contribution is 2.09. The Morgan fingerprint density at radius 2 is 1.94 bits per heavy atom. The van der Waals surface area contributed by atoms with Crippen molar-refractivity contribution in [2.45, 2.75) is 66.0 Å².